The molecule has 8 heteroatoms. The number of carbonyl (C=O) groups excluding carboxylic acids is 2. The number of ether oxygens (including phenoxy) is 1. The molecule has 1 atom stereocenters. The summed E-state index contributed by atoms with van der Waals surface area (Å²) >= 11 is 0. The lowest BCUT2D eigenvalue weighted by molar-refractivity contribution is -0.00202. The van der Waals surface area contributed by atoms with Gasteiger partial charge in [-0.05, 0) is 31.0 Å². The lowest BCUT2D eigenvalue weighted by Gasteiger charge is -2.35. The molecule has 2 aromatic carbocycles. The van der Waals surface area contributed by atoms with Crippen molar-refractivity contribution < 1.29 is 14.3 Å². The van der Waals surface area contributed by atoms with E-state index in [-0.39, 0.29) is 17.9 Å². The van der Waals surface area contributed by atoms with E-state index < -0.39 is 0 Å². The maximum absolute atomic E-state index is 13.2. The van der Waals surface area contributed by atoms with Crippen LogP contribution in [0.15, 0.2) is 48.5 Å². The molecule has 2 aliphatic rings. The predicted octanol–water partition coefficient (Wildman–Crippen LogP) is 2.76. The van der Waals surface area contributed by atoms with Gasteiger partial charge in [0.1, 0.15) is 6.10 Å². The molecule has 8 nitrogen and oxygen atoms in total. The molecular weight excluding hydrogens is 418 g/mol. The highest BCUT2D eigenvalue weighted by atomic mass is 16.5. The predicted molar refractivity (Wildman–Crippen MR) is 122 cm³/mol. The highest BCUT2D eigenvalue weighted by Gasteiger charge is 2.32. The van der Waals surface area contributed by atoms with Crippen LogP contribution in [0.3, 0.4) is 0 Å². The quantitative estimate of drug-likeness (QED) is 0.619. The van der Waals surface area contributed by atoms with E-state index in [0.717, 1.165) is 22.3 Å². The third-order valence-corrected chi connectivity index (χ3v) is 6.44. The largest absolute Gasteiger partial charge is 0.365 e. The Kier molecular flexibility index (Phi) is 5.68. The molecule has 2 aliphatic heterocycles. The number of nitrogens with zero attached hydrogens (tertiary/aromatic N) is 5. The molecular formula is C25H27N5O3. The zero-order valence-corrected chi connectivity index (χ0v) is 18.9. The number of aromatic nitrogens is 3. The van der Waals surface area contributed by atoms with Gasteiger partial charge in [-0.25, -0.2) is 4.68 Å². The van der Waals surface area contributed by atoms with Crippen molar-refractivity contribution in [2.24, 2.45) is 0 Å². The molecule has 1 saturated heterocycles. The van der Waals surface area contributed by atoms with Crippen LogP contribution >= 0.6 is 0 Å². The van der Waals surface area contributed by atoms with E-state index in [4.69, 9.17) is 4.74 Å². The highest BCUT2D eigenvalue weighted by molar-refractivity contribution is 5.96. The number of piperazine rings is 1. The first kappa shape index (κ1) is 21.3. The number of aryl methyl sites for hydroxylation is 2. The van der Waals surface area contributed by atoms with E-state index in [1.165, 1.54) is 0 Å². The molecule has 0 bridgehead atoms. The summed E-state index contributed by atoms with van der Waals surface area (Å²) in [5.41, 5.74) is 4.96. The van der Waals surface area contributed by atoms with Crippen molar-refractivity contribution in [1.82, 2.24) is 24.8 Å². The second-order valence-electron chi connectivity index (χ2n) is 8.68. The molecule has 33 heavy (non-hydrogen) atoms. The van der Waals surface area contributed by atoms with E-state index in [2.05, 4.69) is 10.3 Å². The number of fused-ring (bicyclic) bond motifs is 1. The second-order valence-corrected chi connectivity index (χ2v) is 8.68. The zero-order chi connectivity index (χ0) is 22.9. The van der Waals surface area contributed by atoms with Crippen LogP contribution in [-0.2, 0) is 17.9 Å². The lowest BCUT2D eigenvalue weighted by atomic mass is 10.0. The summed E-state index contributed by atoms with van der Waals surface area (Å²) in [5, 5.41) is 8.41. The molecule has 0 N–H and O–H groups in total. The van der Waals surface area contributed by atoms with Gasteiger partial charge in [-0.1, -0.05) is 53.2 Å². The van der Waals surface area contributed by atoms with Crippen LogP contribution in [0.5, 0.6) is 0 Å². The summed E-state index contributed by atoms with van der Waals surface area (Å²) in [6, 6.07) is 15.8. The Bertz CT molecular complexity index is 1180. The van der Waals surface area contributed by atoms with Crippen molar-refractivity contribution >= 4 is 11.8 Å². The Labute approximate surface area is 192 Å². The van der Waals surface area contributed by atoms with Gasteiger partial charge in [-0.2, -0.15) is 0 Å². The highest BCUT2D eigenvalue weighted by Crippen LogP contribution is 2.27. The average Bonchev–Trinajstić information content (AvgIpc) is 3.27. The van der Waals surface area contributed by atoms with Gasteiger partial charge in [0.25, 0.3) is 11.8 Å². The van der Waals surface area contributed by atoms with Crippen molar-refractivity contribution in [3.63, 3.8) is 0 Å². The molecule has 3 aromatic rings. The molecule has 1 aromatic heterocycles. The first-order valence-corrected chi connectivity index (χ1v) is 11.3. The van der Waals surface area contributed by atoms with Crippen molar-refractivity contribution in [2.45, 2.75) is 33.1 Å². The summed E-state index contributed by atoms with van der Waals surface area (Å²) in [6.07, 6.45) is -0.108. The van der Waals surface area contributed by atoms with Gasteiger partial charge in [0.05, 0.1) is 18.8 Å². The minimum atomic E-state index is -0.156. The van der Waals surface area contributed by atoms with E-state index in [0.29, 0.717) is 50.7 Å². The van der Waals surface area contributed by atoms with Gasteiger partial charge in [0, 0.05) is 31.7 Å². The van der Waals surface area contributed by atoms with Crippen molar-refractivity contribution in [2.75, 3.05) is 26.2 Å². The van der Waals surface area contributed by atoms with Crippen molar-refractivity contribution in [3.8, 4) is 0 Å². The number of hydrogen-bond donors (Lipinski definition) is 0. The Hall–Kier alpha value is -3.52. The molecule has 0 saturated carbocycles. The van der Waals surface area contributed by atoms with Crippen LogP contribution in [0.1, 0.15) is 49.3 Å². The topological polar surface area (TPSA) is 80.6 Å². The Morgan fingerprint density at radius 1 is 0.939 bits per heavy atom. The van der Waals surface area contributed by atoms with E-state index in [9.17, 15) is 9.59 Å². The zero-order valence-electron chi connectivity index (χ0n) is 18.9. The summed E-state index contributed by atoms with van der Waals surface area (Å²) in [4.78, 5) is 29.7. The molecule has 0 radical (unpaired) electrons. The van der Waals surface area contributed by atoms with Gasteiger partial charge < -0.3 is 14.5 Å². The first-order chi connectivity index (χ1) is 16.0. The van der Waals surface area contributed by atoms with Crippen LogP contribution in [0.2, 0.25) is 0 Å². The van der Waals surface area contributed by atoms with E-state index in [1.54, 1.807) is 9.58 Å². The SMILES string of the molecule is Cc1ccc(C(=O)N2CCN(C(=O)c3nnn4c3CO[C@H](c3ccccc3)C4)CC2)c(C)c1. The van der Waals surface area contributed by atoms with Crippen molar-refractivity contribution in [3.05, 3.63) is 82.2 Å². The number of carbonyl (C=O) groups is 2. The van der Waals surface area contributed by atoms with Crippen LogP contribution < -0.4 is 0 Å². The van der Waals surface area contributed by atoms with Crippen molar-refractivity contribution in [1.29, 1.82) is 0 Å². The molecule has 0 unspecified atom stereocenters. The third kappa shape index (κ3) is 4.14. The standard InChI is InChI=1S/C25H27N5O3/c1-17-8-9-20(18(2)14-17)24(31)28-10-12-29(13-11-28)25(32)23-21-16-33-22(15-30(21)27-26-23)19-6-4-3-5-7-19/h3-9,14,22H,10-13,15-16H2,1-2H3/t22-/m0/s1. The molecule has 170 valence electrons. The van der Waals surface area contributed by atoms with Crippen LogP contribution in [0.4, 0.5) is 0 Å². The second kappa shape index (κ2) is 8.78. The number of amides is 2. The fraction of sp³-hybridized carbons (Fsp3) is 0.360. The fourth-order valence-corrected chi connectivity index (χ4v) is 4.53. The van der Waals surface area contributed by atoms with Gasteiger partial charge >= 0.3 is 0 Å². The fourth-order valence-electron chi connectivity index (χ4n) is 4.53. The smallest absolute Gasteiger partial charge is 0.276 e. The molecule has 5 rings (SSSR count). The normalized spacial score (nSPS) is 18.2. The average molecular weight is 446 g/mol. The Morgan fingerprint density at radius 2 is 1.64 bits per heavy atom. The van der Waals surface area contributed by atoms with E-state index in [1.807, 2.05) is 67.3 Å². The van der Waals surface area contributed by atoms with Crippen LogP contribution in [0.25, 0.3) is 0 Å². The summed E-state index contributed by atoms with van der Waals surface area (Å²) < 4.78 is 7.79. The maximum atomic E-state index is 13.2. The Balaban J connectivity index is 1.23. The molecule has 0 spiro atoms. The Morgan fingerprint density at radius 3 is 2.33 bits per heavy atom. The maximum Gasteiger partial charge on any atom is 0.276 e. The molecule has 1 fully saturated rings. The minimum absolute atomic E-state index is 0.0148. The van der Waals surface area contributed by atoms with Gasteiger partial charge in [0.15, 0.2) is 5.69 Å². The summed E-state index contributed by atoms with van der Waals surface area (Å²) in [7, 11) is 0. The molecule has 3 heterocycles. The van der Waals surface area contributed by atoms with Crippen LogP contribution in [0, 0.1) is 13.8 Å². The van der Waals surface area contributed by atoms with E-state index >= 15 is 0 Å². The number of rotatable bonds is 3. The molecule has 0 aliphatic carbocycles. The first-order valence-electron chi connectivity index (χ1n) is 11.3. The minimum Gasteiger partial charge on any atom is -0.365 e. The summed E-state index contributed by atoms with van der Waals surface area (Å²) in [5.74, 6) is -0.141. The third-order valence-electron chi connectivity index (χ3n) is 6.44. The van der Waals surface area contributed by atoms with Gasteiger partial charge in [0.2, 0.25) is 0 Å². The van der Waals surface area contributed by atoms with Gasteiger partial charge in [-0.15, -0.1) is 5.10 Å². The van der Waals surface area contributed by atoms with Crippen LogP contribution in [-0.4, -0.2) is 62.8 Å². The monoisotopic (exact) mass is 445 g/mol. The summed E-state index contributed by atoms with van der Waals surface area (Å²) in [6.45, 7) is 6.71. The molecule has 2 amide bonds. The van der Waals surface area contributed by atoms with Gasteiger partial charge in [-0.3, -0.25) is 9.59 Å². The lowest BCUT2D eigenvalue weighted by Crippen LogP contribution is -2.51. The number of hydrogen-bond acceptors (Lipinski definition) is 5. The number of benzene rings is 2.